The maximum Gasteiger partial charge on any atom is 0.275 e. The molecule has 25 heavy (non-hydrogen) atoms. The van der Waals surface area contributed by atoms with Crippen molar-refractivity contribution in [2.45, 2.75) is 18.9 Å². The minimum Gasteiger partial charge on any atom is -0.379 e. The molecule has 6 nitrogen and oxygen atoms in total. The number of aromatic nitrogens is 2. The highest BCUT2D eigenvalue weighted by Crippen LogP contribution is 2.35. The fourth-order valence-electron chi connectivity index (χ4n) is 2.47. The van der Waals surface area contributed by atoms with Crippen LogP contribution in [0.3, 0.4) is 0 Å². The number of nitrogens with zero attached hydrogens (tertiary/aromatic N) is 3. The van der Waals surface area contributed by atoms with Gasteiger partial charge in [-0.3, -0.25) is 14.8 Å². The molecule has 0 radical (unpaired) electrons. The van der Waals surface area contributed by atoms with Crippen molar-refractivity contribution in [3.63, 3.8) is 0 Å². The Kier molecular flexibility index (Phi) is 5.17. The number of nitrogens with one attached hydrogen (secondary N) is 1. The topological polar surface area (TPSA) is 93.3 Å². The summed E-state index contributed by atoms with van der Waals surface area (Å²) in [6, 6.07) is 3.30. The Labute approximate surface area is 159 Å². The lowest BCUT2D eigenvalue weighted by molar-refractivity contribution is 0.102. The number of carbonyl (C=O) groups is 1. The van der Waals surface area contributed by atoms with E-state index in [1.807, 2.05) is 13.0 Å². The second kappa shape index (κ2) is 7.19. The number of rotatable bonds is 3. The van der Waals surface area contributed by atoms with E-state index in [1.54, 1.807) is 12.4 Å². The molecule has 1 aliphatic heterocycles. The van der Waals surface area contributed by atoms with Gasteiger partial charge in [0.05, 0.1) is 27.5 Å². The molecule has 1 amide bonds. The first-order chi connectivity index (χ1) is 11.9. The molecule has 0 aliphatic carbocycles. The lowest BCUT2D eigenvalue weighted by Crippen LogP contribution is -2.29. The van der Waals surface area contributed by atoms with Crippen molar-refractivity contribution < 1.29 is 4.79 Å². The third-order valence-electron chi connectivity index (χ3n) is 3.84. The van der Waals surface area contributed by atoms with Gasteiger partial charge in [0.15, 0.2) is 5.17 Å². The second-order valence-corrected chi connectivity index (χ2v) is 7.68. The molecule has 9 heteroatoms. The average Bonchev–Trinajstić information content (AvgIpc) is 2.54. The third-order valence-corrected chi connectivity index (χ3v) is 5.13. The SMILES string of the molecule is C[C@@]1(c2cncc(NC(=O)c3ncc(Cl)cc3Cl)c2)CCSC(N)=N1. The zero-order valence-electron chi connectivity index (χ0n) is 13.3. The average molecular weight is 396 g/mol. The largest absolute Gasteiger partial charge is 0.379 e. The quantitative estimate of drug-likeness (QED) is 0.825. The summed E-state index contributed by atoms with van der Waals surface area (Å²) < 4.78 is 0. The Morgan fingerprint density at radius 1 is 1.32 bits per heavy atom. The number of carbonyl (C=O) groups excluding carboxylic acids is 1. The highest BCUT2D eigenvalue weighted by molar-refractivity contribution is 8.13. The molecule has 3 rings (SSSR count). The Bertz CT molecular complexity index is 860. The van der Waals surface area contributed by atoms with Gasteiger partial charge in [-0.15, -0.1) is 0 Å². The van der Waals surface area contributed by atoms with Crippen LogP contribution in [-0.4, -0.2) is 26.8 Å². The van der Waals surface area contributed by atoms with Crippen molar-refractivity contribution in [1.82, 2.24) is 9.97 Å². The fraction of sp³-hybridized carbons (Fsp3) is 0.250. The summed E-state index contributed by atoms with van der Waals surface area (Å²) >= 11 is 13.4. The van der Waals surface area contributed by atoms with Gasteiger partial charge in [-0.05, 0) is 31.0 Å². The molecule has 2 aromatic rings. The molecule has 2 aromatic heterocycles. The van der Waals surface area contributed by atoms with Crippen molar-refractivity contribution in [1.29, 1.82) is 0 Å². The fourth-order valence-corrected chi connectivity index (χ4v) is 3.91. The monoisotopic (exact) mass is 395 g/mol. The minimum absolute atomic E-state index is 0.0963. The van der Waals surface area contributed by atoms with Gasteiger partial charge in [-0.2, -0.15) is 0 Å². The summed E-state index contributed by atoms with van der Waals surface area (Å²) in [4.78, 5) is 25.1. The first-order valence-corrected chi connectivity index (χ1v) is 9.17. The highest BCUT2D eigenvalue weighted by atomic mass is 35.5. The van der Waals surface area contributed by atoms with Crippen molar-refractivity contribution in [2.75, 3.05) is 11.1 Å². The molecular weight excluding hydrogens is 381 g/mol. The number of halogens is 2. The van der Waals surface area contributed by atoms with Crippen LogP contribution < -0.4 is 11.1 Å². The number of nitrogens with two attached hydrogens (primary N) is 1. The number of thioether (sulfide) groups is 1. The molecule has 0 unspecified atom stereocenters. The first-order valence-electron chi connectivity index (χ1n) is 7.43. The number of aliphatic imine (C=N–C) groups is 1. The van der Waals surface area contributed by atoms with Crippen molar-refractivity contribution in [3.05, 3.63) is 52.0 Å². The zero-order valence-corrected chi connectivity index (χ0v) is 15.6. The molecule has 0 fully saturated rings. The van der Waals surface area contributed by atoms with E-state index in [0.717, 1.165) is 17.7 Å². The van der Waals surface area contributed by atoms with E-state index in [2.05, 4.69) is 20.3 Å². The maximum absolute atomic E-state index is 12.4. The Morgan fingerprint density at radius 2 is 2.12 bits per heavy atom. The summed E-state index contributed by atoms with van der Waals surface area (Å²) in [5, 5.41) is 3.85. The summed E-state index contributed by atoms with van der Waals surface area (Å²) in [6.45, 7) is 2.00. The van der Waals surface area contributed by atoms with E-state index < -0.39 is 11.4 Å². The van der Waals surface area contributed by atoms with E-state index in [4.69, 9.17) is 28.9 Å². The van der Waals surface area contributed by atoms with Gasteiger partial charge >= 0.3 is 0 Å². The van der Waals surface area contributed by atoms with Crippen molar-refractivity contribution >= 4 is 51.7 Å². The number of anilines is 1. The number of amides is 1. The lowest BCUT2D eigenvalue weighted by atomic mass is 9.91. The van der Waals surface area contributed by atoms with Gasteiger partial charge in [0, 0.05) is 18.1 Å². The van der Waals surface area contributed by atoms with Crippen LogP contribution in [0.5, 0.6) is 0 Å². The molecule has 3 heterocycles. The summed E-state index contributed by atoms with van der Waals surface area (Å²) in [5.41, 5.74) is 6.91. The van der Waals surface area contributed by atoms with Gasteiger partial charge in [0.2, 0.25) is 0 Å². The van der Waals surface area contributed by atoms with Crippen LogP contribution in [-0.2, 0) is 5.54 Å². The third kappa shape index (κ3) is 4.05. The lowest BCUT2D eigenvalue weighted by Gasteiger charge is -2.29. The van der Waals surface area contributed by atoms with E-state index in [0.29, 0.717) is 15.9 Å². The molecule has 0 saturated carbocycles. The molecule has 0 aromatic carbocycles. The van der Waals surface area contributed by atoms with Crippen LogP contribution in [0.2, 0.25) is 10.0 Å². The van der Waals surface area contributed by atoms with Gasteiger partial charge in [0.1, 0.15) is 5.69 Å². The predicted molar refractivity (Wildman–Crippen MR) is 102 cm³/mol. The van der Waals surface area contributed by atoms with Crippen LogP contribution >= 0.6 is 35.0 Å². The first kappa shape index (κ1) is 18.0. The highest BCUT2D eigenvalue weighted by Gasteiger charge is 2.30. The standard InChI is InChI=1S/C16H15Cl2N5OS/c1-16(2-3-25-15(19)23-16)9-4-11(8-20-6-9)22-14(24)13-12(18)5-10(17)7-21-13/h4-8H,2-3H2,1H3,(H2,19,23)(H,22,24)/t16-/m0/s1. The van der Waals surface area contributed by atoms with Crippen LogP contribution in [0.1, 0.15) is 29.4 Å². The molecule has 3 N–H and O–H groups in total. The Morgan fingerprint density at radius 3 is 2.84 bits per heavy atom. The number of hydrogen-bond donors (Lipinski definition) is 2. The van der Waals surface area contributed by atoms with Crippen LogP contribution in [0, 0.1) is 0 Å². The number of amidine groups is 1. The van der Waals surface area contributed by atoms with E-state index in [9.17, 15) is 4.79 Å². The van der Waals surface area contributed by atoms with Gasteiger partial charge in [-0.25, -0.2) is 4.98 Å². The molecule has 0 saturated heterocycles. The minimum atomic E-state index is -0.459. The molecule has 1 aliphatic rings. The molecule has 1 atom stereocenters. The van der Waals surface area contributed by atoms with E-state index >= 15 is 0 Å². The molecule has 0 bridgehead atoms. The van der Waals surface area contributed by atoms with Crippen molar-refractivity contribution in [2.24, 2.45) is 10.7 Å². The maximum atomic E-state index is 12.4. The smallest absolute Gasteiger partial charge is 0.275 e. The van der Waals surface area contributed by atoms with Crippen LogP contribution in [0.15, 0.2) is 35.7 Å². The predicted octanol–water partition coefficient (Wildman–Crippen LogP) is 3.70. The van der Waals surface area contributed by atoms with E-state index in [-0.39, 0.29) is 10.7 Å². The second-order valence-electron chi connectivity index (χ2n) is 5.72. The van der Waals surface area contributed by atoms with E-state index in [1.165, 1.54) is 24.0 Å². The molecule has 0 spiro atoms. The van der Waals surface area contributed by atoms with Gasteiger partial charge in [0.25, 0.3) is 5.91 Å². The molecular formula is C16H15Cl2N5OS. The van der Waals surface area contributed by atoms with Gasteiger partial charge < -0.3 is 11.1 Å². The van der Waals surface area contributed by atoms with Gasteiger partial charge in [-0.1, -0.05) is 35.0 Å². The van der Waals surface area contributed by atoms with Crippen molar-refractivity contribution in [3.8, 4) is 0 Å². The number of hydrogen-bond acceptors (Lipinski definition) is 6. The summed E-state index contributed by atoms with van der Waals surface area (Å²) in [7, 11) is 0. The van der Waals surface area contributed by atoms with Crippen LogP contribution in [0.25, 0.3) is 0 Å². The Balaban J connectivity index is 1.85. The summed E-state index contributed by atoms with van der Waals surface area (Å²) in [6.07, 6.45) is 5.49. The zero-order chi connectivity index (χ0) is 18.0. The normalized spacial score (nSPS) is 20.0. The van der Waals surface area contributed by atoms with Crippen LogP contribution in [0.4, 0.5) is 5.69 Å². The number of pyridine rings is 2. The molecule has 130 valence electrons. The summed E-state index contributed by atoms with van der Waals surface area (Å²) in [5.74, 6) is 0.445. The Hall–Kier alpha value is -1.83.